The van der Waals surface area contributed by atoms with Gasteiger partial charge in [-0.1, -0.05) is 0 Å². The van der Waals surface area contributed by atoms with Crippen molar-refractivity contribution < 1.29 is 4.79 Å². The van der Waals surface area contributed by atoms with E-state index in [2.05, 4.69) is 10.3 Å². The molecule has 0 aromatic carbocycles. The highest BCUT2D eigenvalue weighted by molar-refractivity contribution is 7.09. The summed E-state index contributed by atoms with van der Waals surface area (Å²) in [7, 11) is 1.96. The Morgan fingerprint density at radius 2 is 2.32 bits per heavy atom. The smallest absolute Gasteiger partial charge is 0.228 e. The first kappa shape index (κ1) is 18.6. The maximum atomic E-state index is 12.1. The van der Waals surface area contributed by atoms with E-state index in [1.807, 2.05) is 24.3 Å². The van der Waals surface area contributed by atoms with Crippen LogP contribution in [-0.4, -0.2) is 42.0 Å². The number of nitrogens with zero attached hydrogens (tertiary/aromatic N) is 2. The fraction of sp³-hybridized carbons (Fsp3) is 0.667. The van der Waals surface area contributed by atoms with Gasteiger partial charge in [-0.05, 0) is 26.8 Å². The molecule has 2 rings (SSSR count). The van der Waals surface area contributed by atoms with Crippen LogP contribution in [0.2, 0.25) is 0 Å². The summed E-state index contributed by atoms with van der Waals surface area (Å²) in [6.45, 7) is 3.69. The minimum Gasteiger partial charge on any atom is -0.341 e. The third-order valence-electron chi connectivity index (χ3n) is 3.18. The van der Waals surface area contributed by atoms with Crippen molar-refractivity contribution in [2.24, 2.45) is 0 Å². The number of likely N-dealkylation sites (N-methyl/N-ethyl adjacent to an activating group) is 1. The van der Waals surface area contributed by atoms with E-state index in [-0.39, 0.29) is 30.7 Å². The molecule has 1 unspecified atom stereocenters. The Hall–Kier alpha value is -0.360. The van der Waals surface area contributed by atoms with Crippen molar-refractivity contribution in [2.75, 3.05) is 20.1 Å². The van der Waals surface area contributed by atoms with Crippen LogP contribution in [0.4, 0.5) is 0 Å². The first-order valence-electron chi connectivity index (χ1n) is 6.05. The molecule has 1 aromatic rings. The van der Waals surface area contributed by atoms with Crippen molar-refractivity contribution in [3.63, 3.8) is 0 Å². The largest absolute Gasteiger partial charge is 0.341 e. The van der Waals surface area contributed by atoms with Gasteiger partial charge in [-0.15, -0.1) is 36.2 Å². The summed E-state index contributed by atoms with van der Waals surface area (Å²) >= 11 is 1.60. The number of hydrogen-bond acceptors (Lipinski definition) is 4. The first-order valence-corrected chi connectivity index (χ1v) is 6.93. The molecule has 2 heterocycles. The highest BCUT2D eigenvalue weighted by atomic mass is 35.5. The lowest BCUT2D eigenvalue weighted by Gasteiger charge is -2.32. The van der Waals surface area contributed by atoms with Crippen LogP contribution < -0.4 is 5.32 Å². The van der Waals surface area contributed by atoms with Crippen LogP contribution in [0.1, 0.15) is 23.5 Å². The molecule has 0 saturated carbocycles. The molecular formula is C12H21Cl2N3OS. The van der Waals surface area contributed by atoms with Gasteiger partial charge in [0.05, 0.1) is 17.1 Å². The highest BCUT2D eigenvalue weighted by Crippen LogP contribution is 2.13. The number of aromatic nitrogens is 1. The Labute approximate surface area is 130 Å². The van der Waals surface area contributed by atoms with Crippen LogP contribution in [0.15, 0.2) is 5.38 Å². The lowest BCUT2D eigenvalue weighted by atomic mass is 10.1. The Morgan fingerprint density at radius 3 is 2.89 bits per heavy atom. The summed E-state index contributed by atoms with van der Waals surface area (Å²) in [4.78, 5) is 18.4. The molecule has 7 heteroatoms. The van der Waals surface area contributed by atoms with Crippen molar-refractivity contribution in [3.8, 4) is 0 Å². The van der Waals surface area contributed by atoms with Gasteiger partial charge in [0, 0.05) is 24.5 Å². The number of likely N-dealkylation sites (tertiary alicyclic amines) is 1. The molecule has 1 aliphatic rings. The number of halogens is 2. The molecule has 1 atom stereocenters. The van der Waals surface area contributed by atoms with E-state index in [1.165, 1.54) is 0 Å². The third kappa shape index (κ3) is 5.26. The summed E-state index contributed by atoms with van der Waals surface area (Å²) in [5.41, 5.74) is 0.907. The van der Waals surface area contributed by atoms with Gasteiger partial charge in [-0.25, -0.2) is 4.98 Å². The van der Waals surface area contributed by atoms with Crippen molar-refractivity contribution in [3.05, 3.63) is 16.1 Å². The second kappa shape index (κ2) is 8.74. The van der Waals surface area contributed by atoms with Gasteiger partial charge in [0.2, 0.25) is 5.91 Å². The SMILES string of the molecule is CNC1CCCN(C(=O)Cc2csc(C)n2)C1.Cl.Cl. The molecule has 1 aliphatic heterocycles. The predicted molar refractivity (Wildman–Crippen MR) is 83.7 cm³/mol. The average molecular weight is 326 g/mol. The molecule has 0 aliphatic carbocycles. The fourth-order valence-corrected chi connectivity index (χ4v) is 2.81. The molecule has 19 heavy (non-hydrogen) atoms. The third-order valence-corrected chi connectivity index (χ3v) is 4.00. The molecule has 1 amide bonds. The Morgan fingerprint density at radius 1 is 1.58 bits per heavy atom. The van der Waals surface area contributed by atoms with Crippen molar-refractivity contribution in [2.45, 2.75) is 32.2 Å². The van der Waals surface area contributed by atoms with E-state index in [9.17, 15) is 4.79 Å². The summed E-state index contributed by atoms with van der Waals surface area (Å²) in [5, 5.41) is 6.26. The van der Waals surface area contributed by atoms with Crippen molar-refractivity contribution >= 4 is 42.1 Å². The van der Waals surface area contributed by atoms with Crippen LogP contribution >= 0.6 is 36.2 Å². The molecule has 4 nitrogen and oxygen atoms in total. The number of carbonyl (C=O) groups is 1. The number of carbonyl (C=O) groups excluding carboxylic acids is 1. The molecule has 0 spiro atoms. The number of rotatable bonds is 3. The minimum absolute atomic E-state index is 0. The number of piperidine rings is 1. The summed E-state index contributed by atoms with van der Waals surface area (Å²) in [6, 6.07) is 0.449. The van der Waals surface area contributed by atoms with Gasteiger partial charge in [-0.3, -0.25) is 4.79 Å². The topological polar surface area (TPSA) is 45.2 Å². The van der Waals surface area contributed by atoms with E-state index in [4.69, 9.17) is 0 Å². The average Bonchev–Trinajstić information content (AvgIpc) is 2.75. The van der Waals surface area contributed by atoms with Crippen LogP contribution in [0.3, 0.4) is 0 Å². The quantitative estimate of drug-likeness (QED) is 0.925. The number of nitrogens with one attached hydrogen (secondary N) is 1. The van der Waals surface area contributed by atoms with Crippen LogP contribution in [0.5, 0.6) is 0 Å². The van der Waals surface area contributed by atoms with Crippen molar-refractivity contribution in [1.29, 1.82) is 0 Å². The Kier molecular flexibility index (Phi) is 8.57. The lowest BCUT2D eigenvalue weighted by Crippen LogP contribution is -2.47. The lowest BCUT2D eigenvalue weighted by molar-refractivity contribution is -0.131. The molecule has 110 valence electrons. The molecule has 1 fully saturated rings. The molecule has 0 bridgehead atoms. The zero-order valence-corrected chi connectivity index (χ0v) is 13.7. The van der Waals surface area contributed by atoms with Gasteiger partial charge < -0.3 is 10.2 Å². The molecule has 1 N–H and O–H groups in total. The van der Waals surface area contributed by atoms with Gasteiger partial charge >= 0.3 is 0 Å². The molecule has 1 saturated heterocycles. The molecule has 0 radical (unpaired) electrons. The first-order chi connectivity index (χ1) is 8.19. The zero-order chi connectivity index (χ0) is 12.3. The molecular weight excluding hydrogens is 305 g/mol. The molecule has 1 aromatic heterocycles. The summed E-state index contributed by atoms with van der Waals surface area (Å²) < 4.78 is 0. The second-order valence-electron chi connectivity index (χ2n) is 4.50. The number of aryl methyl sites for hydroxylation is 1. The number of hydrogen-bond donors (Lipinski definition) is 1. The standard InChI is InChI=1S/C12H19N3OS.2ClH/c1-9-14-11(8-17-9)6-12(16)15-5-3-4-10(7-15)13-2;;/h8,10,13H,3-7H2,1-2H3;2*1H. The highest BCUT2D eigenvalue weighted by Gasteiger charge is 2.22. The van der Waals surface area contributed by atoms with Crippen molar-refractivity contribution in [1.82, 2.24) is 15.2 Å². The summed E-state index contributed by atoms with van der Waals surface area (Å²) in [6.07, 6.45) is 2.70. The van der Waals surface area contributed by atoms with Crippen LogP contribution in [0.25, 0.3) is 0 Å². The van der Waals surface area contributed by atoms with Crippen LogP contribution in [0, 0.1) is 6.92 Å². The van der Waals surface area contributed by atoms with Gasteiger partial charge in [0.15, 0.2) is 0 Å². The van der Waals surface area contributed by atoms with E-state index < -0.39 is 0 Å². The number of amides is 1. The van der Waals surface area contributed by atoms with Crippen LogP contribution in [-0.2, 0) is 11.2 Å². The minimum atomic E-state index is 0. The van der Waals surface area contributed by atoms with E-state index in [0.29, 0.717) is 12.5 Å². The van der Waals surface area contributed by atoms with E-state index >= 15 is 0 Å². The predicted octanol–water partition coefficient (Wildman–Crippen LogP) is 2.05. The second-order valence-corrected chi connectivity index (χ2v) is 5.56. The summed E-state index contributed by atoms with van der Waals surface area (Å²) in [5.74, 6) is 0.204. The van der Waals surface area contributed by atoms with E-state index in [0.717, 1.165) is 36.6 Å². The maximum Gasteiger partial charge on any atom is 0.228 e. The number of thiazole rings is 1. The van der Waals surface area contributed by atoms with Gasteiger partial charge in [0.1, 0.15) is 0 Å². The zero-order valence-electron chi connectivity index (χ0n) is 11.2. The van der Waals surface area contributed by atoms with Gasteiger partial charge in [-0.2, -0.15) is 0 Å². The normalized spacial score (nSPS) is 18.4. The Balaban J connectivity index is 0.00000162. The van der Waals surface area contributed by atoms with Gasteiger partial charge in [0.25, 0.3) is 0 Å². The monoisotopic (exact) mass is 325 g/mol. The fourth-order valence-electron chi connectivity index (χ4n) is 2.20. The van der Waals surface area contributed by atoms with E-state index in [1.54, 1.807) is 11.3 Å². The Bertz CT molecular complexity index is 400. The maximum absolute atomic E-state index is 12.1.